The van der Waals surface area contributed by atoms with Crippen molar-refractivity contribution in [2.24, 2.45) is 5.92 Å². The van der Waals surface area contributed by atoms with E-state index in [0.29, 0.717) is 10.7 Å². The number of benzene rings is 1. The molecule has 3 rings (SSSR count). The quantitative estimate of drug-likeness (QED) is 0.749. The van der Waals surface area contributed by atoms with Crippen LogP contribution in [0.5, 0.6) is 0 Å². The molecule has 1 amide bonds. The molecule has 4 heteroatoms. The maximum atomic E-state index is 12.7. The molecule has 2 heterocycles. The summed E-state index contributed by atoms with van der Waals surface area (Å²) < 4.78 is 0. The van der Waals surface area contributed by atoms with Crippen LogP contribution in [0.15, 0.2) is 36.5 Å². The number of fused-ring (bicyclic) bond motifs is 1. The van der Waals surface area contributed by atoms with E-state index in [4.69, 9.17) is 0 Å². The summed E-state index contributed by atoms with van der Waals surface area (Å²) in [5.41, 5.74) is 1.63. The highest BCUT2D eigenvalue weighted by Crippen LogP contribution is 2.26. The summed E-state index contributed by atoms with van der Waals surface area (Å²) in [7, 11) is 0. The van der Waals surface area contributed by atoms with Crippen LogP contribution in [0, 0.1) is 5.92 Å². The zero-order chi connectivity index (χ0) is 14.1. The van der Waals surface area contributed by atoms with E-state index in [1.165, 1.54) is 0 Å². The number of carbonyl (C=O) groups excluding carboxylic acids is 1. The summed E-state index contributed by atoms with van der Waals surface area (Å²) in [4.78, 5) is 19.4. The fourth-order valence-corrected chi connectivity index (χ4v) is 3.28. The number of pyridine rings is 1. The predicted octanol–water partition coefficient (Wildman–Crippen LogP) is 3.48. The average molecular weight is 333 g/mol. The molecule has 0 N–H and O–H groups in total. The van der Waals surface area contributed by atoms with Gasteiger partial charge in [-0.25, -0.2) is 0 Å². The highest BCUT2D eigenvalue weighted by Gasteiger charge is 2.28. The molecule has 1 aliphatic heterocycles. The Hall–Kier alpha value is -1.42. The number of aromatic nitrogens is 1. The molecule has 2 atom stereocenters. The number of amides is 1. The lowest BCUT2D eigenvalue weighted by Crippen LogP contribution is -2.43. The number of rotatable bonds is 1. The van der Waals surface area contributed by atoms with Gasteiger partial charge in [-0.15, -0.1) is 0 Å². The van der Waals surface area contributed by atoms with Crippen molar-refractivity contribution in [2.75, 3.05) is 13.1 Å². The van der Waals surface area contributed by atoms with Crippen molar-refractivity contribution in [3.63, 3.8) is 0 Å². The minimum atomic E-state index is 0.111. The van der Waals surface area contributed by atoms with Crippen LogP contribution in [-0.4, -0.2) is 33.7 Å². The Bertz CT molecular complexity index is 638. The van der Waals surface area contributed by atoms with Crippen LogP contribution in [0.3, 0.4) is 0 Å². The minimum absolute atomic E-state index is 0.111. The zero-order valence-corrected chi connectivity index (χ0v) is 13.0. The van der Waals surface area contributed by atoms with Crippen LogP contribution in [0.4, 0.5) is 0 Å². The van der Waals surface area contributed by atoms with Crippen LogP contribution >= 0.6 is 15.9 Å². The Morgan fingerprint density at radius 2 is 2.20 bits per heavy atom. The monoisotopic (exact) mass is 332 g/mol. The maximum absolute atomic E-state index is 12.7. The molecule has 0 aliphatic carbocycles. The lowest BCUT2D eigenvalue weighted by Gasteiger charge is -2.34. The molecule has 0 radical (unpaired) electrons. The molecule has 1 aromatic heterocycles. The van der Waals surface area contributed by atoms with Gasteiger partial charge in [-0.2, -0.15) is 0 Å². The fourth-order valence-electron chi connectivity index (χ4n) is 2.67. The van der Waals surface area contributed by atoms with Crippen LogP contribution in [0.1, 0.15) is 23.7 Å². The van der Waals surface area contributed by atoms with Crippen LogP contribution in [0.25, 0.3) is 10.9 Å². The molecule has 3 nitrogen and oxygen atoms in total. The summed E-state index contributed by atoms with van der Waals surface area (Å²) in [6.45, 7) is 3.83. The van der Waals surface area contributed by atoms with E-state index in [-0.39, 0.29) is 5.91 Å². The molecule has 1 aliphatic rings. The molecule has 0 saturated carbocycles. The molecular weight excluding hydrogens is 316 g/mol. The first kappa shape index (κ1) is 13.6. The van der Waals surface area contributed by atoms with Crippen molar-refractivity contribution in [1.29, 1.82) is 0 Å². The van der Waals surface area contributed by atoms with Crippen molar-refractivity contribution in [3.05, 3.63) is 42.1 Å². The number of piperidine rings is 1. The van der Waals surface area contributed by atoms with Crippen molar-refractivity contribution in [1.82, 2.24) is 9.88 Å². The smallest absolute Gasteiger partial charge is 0.254 e. The molecule has 104 valence electrons. The topological polar surface area (TPSA) is 33.2 Å². The van der Waals surface area contributed by atoms with Crippen molar-refractivity contribution < 1.29 is 4.79 Å². The highest BCUT2D eigenvalue weighted by molar-refractivity contribution is 9.09. The van der Waals surface area contributed by atoms with Crippen LogP contribution < -0.4 is 0 Å². The molecule has 2 aromatic rings. The normalized spacial score (nSPS) is 23.0. The first-order valence-corrected chi connectivity index (χ1v) is 7.85. The van der Waals surface area contributed by atoms with Crippen molar-refractivity contribution in [2.45, 2.75) is 18.2 Å². The van der Waals surface area contributed by atoms with Gasteiger partial charge in [0.15, 0.2) is 0 Å². The number of halogens is 1. The Morgan fingerprint density at radius 3 is 3.00 bits per heavy atom. The van der Waals surface area contributed by atoms with E-state index < -0.39 is 0 Å². The predicted molar refractivity (Wildman–Crippen MR) is 84.1 cm³/mol. The maximum Gasteiger partial charge on any atom is 0.254 e. The number of alkyl halides is 1. The first-order chi connectivity index (χ1) is 9.66. The third-order valence-electron chi connectivity index (χ3n) is 4.03. The lowest BCUT2D eigenvalue weighted by molar-refractivity contribution is 0.0708. The third kappa shape index (κ3) is 2.44. The average Bonchev–Trinajstić information content (AvgIpc) is 2.49. The fraction of sp³-hybridized carbons (Fsp3) is 0.375. The van der Waals surface area contributed by atoms with Crippen LogP contribution in [-0.2, 0) is 0 Å². The first-order valence-electron chi connectivity index (χ1n) is 6.94. The van der Waals surface area contributed by atoms with Gasteiger partial charge in [0.05, 0.1) is 5.52 Å². The Morgan fingerprint density at radius 1 is 1.35 bits per heavy atom. The molecule has 0 bridgehead atoms. The van der Waals surface area contributed by atoms with Crippen LogP contribution in [0.2, 0.25) is 0 Å². The number of carbonyl (C=O) groups is 1. The van der Waals surface area contributed by atoms with E-state index in [2.05, 4.69) is 27.8 Å². The second kappa shape index (κ2) is 5.52. The molecular formula is C16H17BrN2O. The Kier molecular flexibility index (Phi) is 3.74. The minimum Gasteiger partial charge on any atom is -0.337 e. The summed E-state index contributed by atoms with van der Waals surface area (Å²) in [6, 6.07) is 9.59. The van der Waals surface area contributed by atoms with E-state index in [1.807, 2.05) is 35.2 Å². The molecule has 1 aromatic carbocycles. The van der Waals surface area contributed by atoms with E-state index >= 15 is 0 Å². The molecule has 1 fully saturated rings. The van der Waals surface area contributed by atoms with E-state index in [1.54, 1.807) is 6.20 Å². The second-order valence-electron chi connectivity index (χ2n) is 5.41. The molecule has 1 saturated heterocycles. The summed E-state index contributed by atoms with van der Waals surface area (Å²) in [5, 5.41) is 0.935. The summed E-state index contributed by atoms with van der Waals surface area (Å²) in [5.74, 6) is 0.730. The second-order valence-corrected chi connectivity index (χ2v) is 6.58. The SMILES string of the molecule is CC1CCN(C(=O)c2cccc3ncccc23)CC1Br. The van der Waals surface area contributed by atoms with Gasteiger partial charge >= 0.3 is 0 Å². The number of likely N-dealkylation sites (tertiary alicyclic amines) is 1. The van der Waals surface area contributed by atoms with Gasteiger partial charge < -0.3 is 4.90 Å². The van der Waals surface area contributed by atoms with Crippen molar-refractivity contribution in [3.8, 4) is 0 Å². The number of hydrogen-bond acceptors (Lipinski definition) is 2. The van der Waals surface area contributed by atoms with Crippen molar-refractivity contribution >= 4 is 32.7 Å². The van der Waals surface area contributed by atoms with E-state index in [9.17, 15) is 4.79 Å². The lowest BCUT2D eigenvalue weighted by atomic mass is 9.98. The molecule has 2 unspecified atom stereocenters. The van der Waals surface area contributed by atoms with Gasteiger partial charge in [-0.05, 0) is 30.5 Å². The standard InChI is InChI=1S/C16H17BrN2O/c1-11-7-9-19(10-14(11)17)16(20)13-4-2-6-15-12(13)5-3-8-18-15/h2-6,8,11,14H,7,9-10H2,1H3. The Balaban J connectivity index is 1.93. The highest BCUT2D eigenvalue weighted by atomic mass is 79.9. The molecule has 0 spiro atoms. The third-order valence-corrected chi connectivity index (χ3v) is 5.22. The summed E-state index contributed by atoms with van der Waals surface area (Å²) >= 11 is 3.68. The zero-order valence-electron chi connectivity index (χ0n) is 11.4. The van der Waals surface area contributed by atoms with Gasteiger partial charge in [0.25, 0.3) is 5.91 Å². The number of nitrogens with zero attached hydrogens (tertiary/aromatic N) is 2. The van der Waals surface area contributed by atoms with Gasteiger partial charge in [-0.1, -0.05) is 35.0 Å². The number of hydrogen-bond donors (Lipinski definition) is 0. The summed E-state index contributed by atoms with van der Waals surface area (Å²) in [6.07, 6.45) is 2.80. The van der Waals surface area contributed by atoms with Gasteiger partial charge in [-0.3, -0.25) is 9.78 Å². The molecule has 20 heavy (non-hydrogen) atoms. The Labute approximate surface area is 127 Å². The largest absolute Gasteiger partial charge is 0.337 e. The van der Waals surface area contributed by atoms with Gasteiger partial charge in [0, 0.05) is 35.1 Å². The van der Waals surface area contributed by atoms with Gasteiger partial charge in [0.2, 0.25) is 0 Å². The van der Waals surface area contributed by atoms with Gasteiger partial charge in [0.1, 0.15) is 0 Å². The van der Waals surface area contributed by atoms with E-state index in [0.717, 1.165) is 36.0 Å².